The Labute approximate surface area is 107 Å². The van der Waals surface area contributed by atoms with Crippen LogP contribution in [0.5, 0.6) is 0 Å². The molecule has 3 nitrogen and oxygen atoms in total. The van der Waals surface area contributed by atoms with Gasteiger partial charge in [0.15, 0.2) is 0 Å². The van der Waals surface area contributed by atoms with Crippen LogP contribution in [0.15, 0.2) is 0 Å². The predicted molar refractivity (Wildman–Crippen MR) is 73.2 cm³/mol. The number of nitrogens with zero attached hydrogens (tertiary/aromatic N) is 1. The number of hydrogen-bond acceptors (Lipinski definition) is 3. The maximum Gasteiger partial charge on any atom is 0.0443 e. The summed E-state index contributed by atoms with van der Waals surface area (Å²) in [7, 11) is 0. The van der Waals surface area contributed by atoms with E-state index < -0.39 is 0 Å². The topological polar surface area (TPSA) is 35.5 Å². The highest BCUT2D eigenvalue weighted by Crippen LogP contribution is 2.23. The standard InChI is InChI=1S/C14H30N2O/c1-4-7-16-10-13(12(2)3)9-14(11-16)15-6-5-8-17/h12-15,17H,4-11H2,1-3H3. The van der Waals surface area contributed by atoms with Gasteiger partial charge >= 0.3 is 0 Å². The highest BCUT2D eigenvalue weighted by molar-refractivity contribution is 4.84. The van der Waals surface area contributed by atoms with Crippen LogP contribution in [0.2, 0.25) is 0 Å². The molecule has 2 atom stereocenters. The molecule has 0 aromatic heterocycles. The van der Waals surface area contributed by atoms with Crippen molar-refractivity contribution in [3.05, 3.63) is 0 Å². The van der Waals surface area contributed by atoms with Gasteiger partial charge in [-0.3, -0.25) is 0 Å². The Hall–Kier alpha value is -0.120. The van der Waals surface area contributed by atoms with Gasteiger partial charge in [0.05, 0.1) is 0 Å². The summed E-state index contributed by atoms with van der Waals surface area (Å²) in [5, 5.41) is 12.4. The van der Waals surface area contributed by atoms with Gasteiger partial charge in [0.2, 0.25) is 0 Å². The highest BCUT2D eigenvalue weighted by atomic mass is 16.3. The minimum absolute atomic E-state index is 0.298. The summed E-state index contributed by atoms with van der Waals surface area (Å²) in [4.78, 5) is 2.60. The molecule has 0 radical (unpaired) electrons. The van der Waals surface area contributed by atoms with Crippen molar-refractivity contribution in [1.29, 1.82) is 0 Å². The summed E-state index contributed by atoms with van der Waals surface area (Å²) in [5.41, 5.74) is 0. The molecule has 0 aromatic carbocycles. The van der Waals surface area contributed by atoms with Gasteiger partial charge in [-0.05, 0) is 44.2 Å². The first-order chi connectivity index (χ1) is 8.17. The van der Waals surface area contributed by atoms with Crippen molar-refractivity contribution < 1.29 is 5.11 Å². The number of hydrogen-bond donors (Lipinski definition) is 2. The first kappa shape index (κ1) is 14.9. The zero-order chi connectivity index (χ0) is 12.7. The molecule has 0 amide bonds. The summed E-state index contributed by atoms with van der Waals surface area (Å²) < 4.78 is 0. The third-order valence-corrected chi connectivity index (χ3v) is 3.81. The Morgan fingerprint density at radius 2 is 2.12 bits per heavy atom. The molecule has 1 heterocycles. The minimum atomic E-state index is 0.298. The number of rotatable bonds is 7. The van der Waals surface area contributed by atoms with E-state index in [-0.39, 0.29) is 0 Å². The average molecular weight is 242 g/mol. The molecule has 0 spiro atoms. The number of piperidine rings is 1. The van der Waals surface area contributed by atoms with Crippen LogP contribution in [-0.2, 0) is 0 Å². The van der Waals surface area contributed by atoms with Crippen LogP contribution in [0.25, 0.3) is 0 Å². The number of likely N-dealkylation sites (tertiary alicyclic amines) is 1. The van der Waals surface area contributed by atoms with Crippen molar-refractivity contribution >= 4 is 0 Å². The molecule has 3 heteroatoms. The molecule has 2 unspecified atom stereocenters. The van der Waals surface area contributed by atoms with Crippen LogP contribution in [0, 0.1) is 11.8 Å². The summed E-state index contributed by atoms with van der Waals surface area (Å²) in [5.74, 6) is 1.60. The molecule has 0 aromatic rings. The quantitative estimate of drug-likeness (QED) is 0.667. The largest absolute Gasteiger partial charge is 0.396 e. The van der Waals surface area contributed by atoms with Crippen molar-refractivity contribution in [3.63, 3.8) is 0 Å². The Balaban J connectivity index is 2.40. The van der Waals surface area contributed by atoms with E-state index in [1.807, 2.05) is 0 Å². The molecule has 1 fully saturated rings. The van der Waals surface area contributed by atoms with E-state index in [1.165, 1.54) is 32.5 Å². The molecule has 0 saturated carbocycles. The van der Waals surface area contributed by atoms with Crippen molar-refractivity contribution in [2.24, 2.45) is 11.8 Å². The van der Waals surface area contributed by atoms with Crippen LogP contribution in [-0.4, -0.2) is 48.8 Å². The first-order valence-electron chi connectivity index (χ1n) is 7.24. The zero-order valence-electron chi connectivity index (χ0n) is 11.8. The van der Waals surface area contributed by atoms with Crippen molar-refractivity contribution in [2.75, 3.05) is 32.8 Å². The van der Waals surface area contributed by atoms with Crippen LogP contribution in [0.1, 0.15) is 40.0 Å². The fourth-order valence-electron chi connectivity index (χ4n) is 2.75. The Kier molecular flexibility index (Phi) is 7.09. The lowest BCUT2D eigenvalue weighted by atomic mass is 9.85. The maximum absolute atomic E-state index is 8.82. The lowest BCUT2D eigenvalue weighted by Gasteiger charge is -2.40. The maximum atomic E-state index is 8.82. The molecule has 0 aliphatic carbocycles. The average Bonchev–Trinajstić information content (AvgIpc) is 2.29. The molecule has 102 valence electrons. The van der Waals surface area contributed by atoms with Crippen LogP contribution in [0.3, 0.4) is 0 Å². The third-order valence-electron chi connectivity index (χ3n) is 3.81. The first-order valence-corrected chi connectivity index (χ1v) is 7.24. The van der Waals surface area contributed by atoms with Crippen molar-refractivity contribution in [1.82, 2.24) is 10.2 Å². The highest BCUT2D eigenvalue weighted by Gasteiger charge is 2.27. The number of nitrogens with one attached hydrogen (secondary N) is 1. The second-order valence-corrected chi connectivity index (χ2v) is 5.73. The van der Waals surface area contributed by atoms with Gasteiger partial charge in [0.1, 0.15) is 0 Å². The van der Waals surface area contributed by atoms with Crippen molar-refractivity contribution in [2.45, 2.75) is 46.1 Å². The smallest absolute Gasteiger partial charge is 0.0443 e. The lowest BCUT2D eigenvalue weighted by molar-refractivity contribution is 0.115. The monoisotopic (exact) mass is 242 g/mol. The van der Waals surface area contributed by atoms with E-state index in [9.17, 15) is 0 Å². The molecule has 1 aliphatic heterocycles. The molecule has 0 bridgehead atoms. The van der Waals surface area contributed by atoms with Gasteiger partial charge in [0.25, 0.3) is 0 Å². The number of aliphatic hydroxyl groups excluding tert-OH is 1. The fourth-order valence-corrected chi connectivity index (χ4v) is 2.75. The predicted octanol–water partition coefficient (Wildman–Crippen LogP) is 1.71. The van der Waals surface area contributed by atoms with Crippen molar-refractivity contribution in [3.8, 4) is 0 Å². The van der Waals surface area contributed by atoms with E-state index >= 15 is 0 Å². The van der Waals surface area contributed by atoms with Gasteiger partial charge < -0.3 is 15.3 Å². The molecule has 17 heavy (non-hydrogen) atoms. The van der Waals surface area contributed by atoms with Gasteiger partial charge in [-0.25, -0.2) is 0 Å². The van der Waals surface area contributed by atoms with Gasteiger partial charge in [-0.15, -0.1) is 0 Å². The Bertz CT molecular complexity index is 197. The summed E-state index contributed by atoms with van der Waals surface area (Å²) >= 11 is 0. The molecule has 1 aliphatic rings. The second-order valence-electron chi connectivity index (χ2n) is 5.73. The van der Waals surface area contributed by atoms with Crippen LogP contribution < -0.4 is 5.32 Å². The molecule has 1 rings (SSSR count). The lowest BCUT2D eigenvalue weighted by Crippen LogP contribution is -2.50. The Morgan fingerprint density at radius 3 is 2.71 bits per heavy atom. The van der Waals surface area contributed by atoms with E-state index in [1.54, 1.807) is 0 Å². The zero-order valence-corrected chi connectivity index (χ0v) is 11.8. The molecule has 1 saturated heterocycles. The summed E-state index contributed by atoms with van der Waals surface area (Å²) in [6.07, 6.45) is 3.41. The third kappa shape index (κ3) is 5.36. The fraction of sp³-hybridized carbons (Fsp3) is 1.00. The van der Waals surface area contributed by atoms with Gasteiger partial charge in [-0.1, -0.05) is 20.8 Å². The summed E-state index contributed by atoms with van der Waals surface area (Å²) in [6.45, 7) is 11.9. The second kappa shape index (κ2) is 8.06. The van der Waals surface area contributed by atoms with Crippen LogP contribution in [0.4, 0.5) is 0 Å². The van der Waals surface area contributed by atoms with E-state index in [0.717, 1.165) is 24.8 Å². The van der Waals surface area contributed by atoms with Gasteiger partial charge in [-0.2, -0.15) is 0 Å². The number of aliphatic hydroxyl groups is 1. The minimum Gasteiger partial charge on any atom is -0.396 e. The van der Waals surface area contributed by atoms with E-state index in [4.69, 9.17) is 5.11 Å². The summed E-state index contributed by atoms with van der Waals surface area (Å²) in [6, 6.07) is 0.620. The Morgan fingerprint density at radius 1 is 1.35 bits per heavy atom. The van der Waals surface area contributed by atoms with Gasteiger partial charge in [0, 0.05) is 25.7 Å². The molecule has 2 N–H and O–H groups in total. The SMILES string of the molecule is CCCN1CC(NCCCO)CC(C(C)C)C1. The normalized spacial score (nSPS) is 26.6. The van der Waals surface area contributed by atoms with Crippen LogP contribution >= 0.6 is 0 Å². The van der Waals surface area contributed by atoms with E-state index in [2.05, 4.69) is 31.0 Å². The van der Waals surface area contributed by atoms with E-state index in [0.29, 0.717) is 12.6 Å². The molecular weight excluding hydrogens is 212 g/mol. The molecular formula is C14H30N2O.